The minimum absolute atomic E-state index is 0.0595. The number of hydrogen-bond donors (Lipinski definition) is 1. The number of halogens is 2. The lowest BCUT2D eigenvalue weighted by molar-refractivity contribution is -0.132. The second-order valence-electron chi connectivity index (χ2n) is 6.01. The van der Waals surface area contributed by atoms with E-state index in [-0.39, 0.29) is 18.4 Å². The van der Waals surface area contributed by atoms with Gasteiger partial charge in [-0.3, -0.25) is 9.69 Å². The molecule has 1 saturated carbocycles. The van der Waals surface area contributed by atoms with Crippen molar-refractivity contribution in [3.8, 4) is 5.75 Å². The van der Waals surface area contributed by atoms with Gasteiger partial charge in [0.05, 0.1) is 6.61 Å². The molecule has 0 radical (unpaired) electrons. The smallest absolute Gasteiger partial charge is 0.325 e. The molecule has 2 aliphatic heterocycles. The highest BCUT2D eigenvalue weighted by atomic mass is 35.5. The first-order valence-corrected chi connectivity index (χ1v) is 7.94. The van der Waals surface area contributed by atoms with Crippen LogP contribution in [0.3, 0.4) is 0 Å². The topological polar surface area (TPSA) is 58.6 Å². The van der Waals surface area contributed by atoms with Gasteiger partial charge in [-0.15, -0.1) is 23.2 Å². The van der Waals surface area contributed by atoms with Crippen LogP contribution < -0.4 is 10.1 Å². The Morgan fingerprint density at radius 3 is 2.77 bits per heavy atom. The third-order valence-electron chi connectivity index (χ3n) is 4.62. The molecule has 22 heavy (non-hydrogen) atoms. The fraction of sp³-hybridized carbons (Fsp3) is 0.467. The lowest BCUT2D eigenvalue weighted by Gasteiger charge is -2.33. The fourth-order valence-electron chi connectivity index (χ4n) is 3.23. The molecule has 7 heteroatoms. The second kappa shape index (κ2) is 4.52. The third-order valence-corrected chi connectivity index (χ3v) is 5.54. The number of ether oxygens (including phenoxy) is 1. The summed E-state index contributed by atoms with van der Waals surface area (Å²) in [5.74, 6) is 0.333. The summed E-state index contributed by atoms with van der Waals surface area (Å²) < 4.78 is 4.78. The van der Waals surface area contributed by atoms with Crippen LogP contribution in [-0.2, 0) is 10.3 Å². The van der Waals surface area contributed by atoms with Crippen molar-refractivity contribution in [1.82, 2.24) is 10.2 Å². The number of alkyl halides is 2. The molecule has 1 saturated heterocycles. The van der Waals surface area contributed by atoms with Crippen molar-refractivity contribution in [3.63, 3.8) is 0 Å². The van der Waals surface area contributed by atoms with Gasteiger partial charge in [-0.05, 0) is 12.5 Å². The zero-order chi connectivity index (χ0) is 15.5. The molecule has 1 spiro atoms. The number of carbonyl (C=O) groups excluding carboxylic acids is 2. The van der Waals surface area contributed by atoms with Gasteiger partial charge in [0.25, 0.3) is 5.91 Å². The van der Waals surface area contributed by atoms with Gasteiger partial charge < -0.3 is 10.1 Å². The molecule has 4 rings (SSSR count). The van der Waals surface area contributed by atoms with E-state index in [2.05, 4.69) is 5.32 Å². The lowest BCUT2D eigenvalue weighted by atomic mass is 9.84. The Balaban J connectivity index is 1.67. The van der Waals surface area contributed by atoms with Gasteiger partial charge in [0.1, 0.15) is 10.1 Å². The molecule has 1 aromatic rings. The summed E-state index contributed by atoms with van der Waals surface area (Å²) in [6.45, 7) is 0.637. The van der Waals surface area contributed by atoms with E-state index < -0.39 is 15.9 Å². The van der Waals surface area contributed by atoms with Crippen LogP contribution in [0.5, 0.6) is 5.75 Å². The molecule has 0 unspecified atom stereocenters. The molecule has 5 nitrogen and oxygen atoms in total. The number of amides is 3. The van der Waals surface area contributed by atoms with Crippen LogP contribution in [0.2, 0.25) is 0 Å². The Bertz CT molecular complexity index is 679. The van der Waals surface area contributed by atoms with Gasteiger partial charge in [0.2, 0.25) is 0 Å². The zero-order valence-corrected chi connectivity index (χ0v) is 13.2. The van der Waals surface area contributed by atoms with Gasteiger partial charge in [0, 0.05) is 24.4 Å². The van der Waals surface area contributed by atoms with Crippen LogP contribution in [0.25, 0.3) is 0 Å². The predicted octanol–water partition coefficient (Wildman–Crippen LogP) is 2.41. The Labute approximate surface area is 137 Å². The van der Waals surface area contributed by atoms with Gasteiger partial charge in [-0.1, -0.05) is 18.2 Å². The van der Waals surface area contributed by atoms with Crippen LogP contribution in [0.1, 0.15) is 18.4 Å². The average molecular weight is 341 g/mol. The van der Waals surface area contributed by atoms with Crippen LogP contribution >= 0.6 is 23.2 Å². The van der Waals surface area contributed by atoms with E-state index in [0.29, 0.717) is 30.8 Å². The highest BCUT2D eigenvalue weighted by molar-refractivity contribution is 6.50. The first-order chi connectivity index (χ1) is 10.4. The van der Waals surface area contributed by atoms with E-state index >= 15 is 0 Å². The minimum atomic E-state index is -1.03. The molecule has 2 heterocycles. The van der Waals surface area contributed by atoms with E-state index in [9.17, 15) is 9.59 Å². The molecule has 2 fully saturated rings. The molecule has 2 atom stereocenters. The second-order valence-corrected chi connectivity index (χ2v) is 7.55. The van der Waals surface area contributed by atoms with Crippen LogP contribution in [0, 0.1) is 5.92 Å². The number of nitrogens with one attached hydrogen (secondary N) is 1. The van der Waals surface area contributed by atoms with E-state index in [1.165, 1.54) is 4.90 Å². The maximum Gasteiger partial charge on any atom is 0.325 e. The molecule has 1 aliphatic carbocycles. The van der Waals surface area contributed by atoms with Gasteiger partial charge >= 0.3 is 6.03 Å². The SMILES string of the molecule is O=C1N[C@]2(CCOc3ccccc32)C(=O)N1C[C@H]1CC1(Cl)Cl. The zero-order valence-electron chi connectivity index (χ0n) is 11.6. The molecule has 0 bridgehead atoms. The van der Waals surface area contributed by atoms with Crippen molar-refractivity contribution >= 4 is 35.1 Å². The van der Waals surface area contributed by atoms with Crippen molar-refractivity contribution in [2.24, 2.45) is 5.92 Å². The molecule has 3 amide bonds. The monoisotopic (exact) mass is 340 g/mol. The summed E-state index contributed by atoms with van der Waals surface area (Å²) in [7, 11) is 0. The molecular formula is C15H14Cl2N2O3. The lowest BCUT2D eigenvalue weighted by Crippen LogP contribution is -2.47. The maximum absolute atomic E-state index is 12.9. The first-order valence-electron chi connectivity index (χ1n) is 7.18. The predicted molar refractivity (Wildman–Crippen MR) is 81.0 cm³/mol. The molecule has 1 aromatic carbocycles. The highest BCUT2D eigenvalue weighted by Gasteiger charge is 2.59. The Kier molecular flexibility index (Phi) is 2.91. The Morgan fingerprint density at radius 1 is 1.32 bits per heavy atom. The summed E-state index contributed by atoms with van der Waals surface area (Å²) in [6.07, 6.45) is 1.02. The molecule has 3 aliphatic rings. The number of rotatable bonds is 2. The molecular weight excluding hydrogens is 327 g/mol. The summed E-state index contributed by atoms with van der Waals surface area (Å²) >= 11 is 12.0. The number of benzene rings is 1. The summed E-state index contributed by atoms with van der Waals surface area (Å²) in [5, 5.41) is 2.86. The number of fused-ring (bicyclic) bond motifs is 2. The first kappa shape index (κ1) is 14.2. The van der Waals surface area contributed by atoms with Gasteiger partial charge in [-0.25, -0.2) is 4.79 Å². The standard InChI is InChI=1S/C15H14Cl2N2O3/c16-15(17)7-9(15)8-19-12(20)14(18-13(19)21)5-6-22-11-4-2-1-3-10(11)14/h1-4,9H,5-8H2,(H,18,21)/t9-,14+/m1/s1. The van der Waals surface area contributed by atoms with Crippen LogP contribution in [0.15, 0.2) is 24.3 Å². The minimum Gasteiger partial charge on any atom is -0.493 e. The molecule has 0 aromatic heterocycles. The third kappa shape index (κ3) is 1.92. The van der Waals surface area contributed by atoms with Crippen molar-refractivity contribution in [2.45, 2.75) is 22.7 Å². The van der Waals surface area contributed by atoms with E-state index in [1.54, 1.807) is 0 Å². The quantitative estimate of drug-likeness (QED) is 0.664. The average Bonchev–Trinajstić information content (AvgIpc) is 3.03. The number of hydrogen-bond acceptors (Lipinski definition) is 3. The highest BCUT2D eigenvalue weighted by Crippen LogP contribution is 2.54. The van der Waals surface area contributed by atoms with Crippen LogP contribution in [0.4, 0.5) is 4.79 Å². The number of carbonyl (C=O) groups is 2. The number of imide groups is 1. The van der Waals surface area contributed by atoms with Gasteiger partial charge in [0.15, 0.2) is 5.54 Å². The van der Waals surface area contributed by atoms with Crippen molar-refractivity contribution < 1.29 is 14.3 Å². The van der Waals surface area contributed by atoms with Gasteiger partial charge in [-0.2, -0.15) is 0 Å². The summed E-state index contributed by atoms with van der Waals surface area (Å²) in [5.41, 5.74) is -0.317. The molecule has 116 valence electrons. The Morgan fingerprint density at radius 2 is 2.05 bits per heavy atom. The number of para-hydroxylation sites is 1. The van der Waals surface area contributed by atoms with Crippen LogP contribution in [-0.4, -0.2) is 34.3 Å². The fourth-order valence-corrected chi connectivity index (χ4v) is 3.74. The van der Waals surface area contributed by atoms with E-state index in [4.69, 9.17) is 27.9 Å². The molecule has 1 N–H and O–H groups in total. The largest absolute Gasteiger partial charge is 0.493 e. The number of nitrogens with zero attached hydrogens (tertiary/aromatic N) is 1. The van der Waals surface area contributed by atoms with Crippen molar-refractivity contribution in [3.05, 3.63) is 29.8 Å². The summed E-state index contributed by atoms with van der Waals surface area (Å²) in [6, 6.07) is 6.91. The normalized spacial score (nSPS) is 31.7. The number of urea groups is 1. The van der Waals surface area contributed by atoms with Crippen molar-refractivity contribution in [2.75, 3.05) is 13.2 Å². The maximum atomic E-state index is 12.9. The summed E-state index contributed by atoms with van der Waals surface area (Å²) in [4.78, 5) is 26.5. The van der Waals surface area contributed by atoms with E-state index in [0.717, 1.165) is 0 Å². The van der Waals surface area contributed by atoms with E-state index in [1.807, 2.05) is 24.3 Å². The van der Waals surface area contributed by atoms with Crippen molar-refractivity contribution in [1.29, 1.82) is 0 Å². The Hall–Kier alpha value is -1.46.